The van der Waals surface area contributed by atoms with Crippen molar-refractivity contribution in [3.63, 3.8) is 0 Å². The van der Waals surface area contributed by atoms with E-state index in [1.807, 2.05) is 91.1 Å². The number of ether oxygens (including phenoxy) is 2. The van der Waals surface area contributed by atoms with Crippen LogP contribution in [0.1, 0.15) is 29.7 Å². The number of para-hydroxylation sites is 2. The number of nitrogens with one attached hydrogen (secondary N) is 1. The number of carbonyl (C=O) groups is 1. The van der Waals surface area contributed by atoms with Crippen molar-refractivity contribution < 1.29 is 14.3 Å². The molecule has 194 valence electrons. The number of fused-ring (bicyclic) bond motifs is 2. The minimum absolute atomic E-state index is 0.189. The summed E-state index contributed by atoms with van der Waals surface area (Å²) in [7, 11) is 1.57. The Morgan fingerprint density at radius 3 is 2.59 bits per heavy atom. The molecule has 1 N–H and O–H groups in total. The molecule has 0 saturated carbocycles. The summed E-state index contributed by atoms with van der Waals surface area (Å²) in [6, 6.07) is 24.1. The normalized spacial score (nSPS) is 15.2. The fourth-order valence-electron chi connectivity index (χ4n) is 4.98. The molecule has 1 atom stereocenters. The fourth-order valence-corrected chi connectivity index (χ4v) is 5.97. The Labute approximate surface area is 228 Å². The maximum absolute atomic E-state index is 14.1. The predicted molar refractivity (Wildman–Crippen MR) is 152 cm³/mol. The fraction of sp³-hybridized carbons (Fsp3) is 0.129. The van der Waals surface area contributed by atoms with Gasteiger partial charge in [-0.15, -0.1) is 0 Å². The van der Waals surface area contributed by atoms with Crippen molar-refractivity contribution in [2.75, 3.05) is 13.7 Å². The molecule has 0 saturated heterocycles. The van der Waals surface area contributed by atoms with E-state index in [2.05, 4.69) is 4.98 Å². The van der Waals surface area contributed by atoms with Crippen LogP contribution in [0.25, 0.3) is 22.7 Å². The molecule has 0 spiro atoms. The van der Waals surface area contributed by atoms with Gasteiger partial charge in [0.05, 0.1) is 29.5 Å². The molecule has 39 heavy (non-hydrogen) atoms. The second kappa shape index (κ2) is 10.2. The van der Waals surface area contributed by atoms with E-state index in [1.165, 1.54) is 11.3 Å². The molecule has 1 aliphatic heterocycles. The summed E-state index contributed by atoms with van der Waals surface area (Å²) < 4.78 is 13.3. The molecule has 3 heterocycles. The lowest BCUT2D eigenvalue weighted by atomic mass is 9.92. The summed E-state index contributed by atoms with van der Waals surface area (Å²) in [4.78, 5) is 36.3. The summed E-state index contributed by atoms with van der Waals surface area (Å²) in [5.41, 5.74) is 3.84. The molecule has 8 heteroatoms. The smallest absolute Gasteiger partial charge is 0.338 e. The van der Waals surface area contributed by atoms with E-state index in [1.54, 1.807) is 18.6 Å². The molecule has 0 aliphatic carbocycles. The van der Waals surface area contributed by atoms with Crippen molar-refractivity contribution in [1.82, 2.24) is 9.55 Å². The lowest BCUT2D eigenvalue weighted by molar-refractivity contribution is -0.138. The molecular formula is C31H25N3O4S. The van der Waals surface area contributed by atoms with Crippen LogP contribution >= 0.6 is 11.3 Å². The van der Waals surface area contributed by atoms with Gasteiger partial charge in [-0.25, -0.2) is 9.79 Å². The van der Waals surface area contributed by atoms with Crippen LogP contribution in [-0.4, -0.2) is 29.2 Å². The lowest BCUT2D eigenvalue weighted by Crippen LogP contribution is -2.40. The van der Waals surface area contributed by atoms with E-state index in [-0.39, 0.29) is 12.2 Å². The first-order valence-corrected chi connectivity index (χ1v) is 13.4. The van der Waals surface area contributed by atoms with Gasteiger partial charge in [0.1, 0.15) is 11.8 Å². The van der Waals surface area contributed by atoms with Crippen LogP contribution < -0.4 is 19.6 Å². The Balaban J connectivity index is 1.68. The topological polar surface area (TPSA) is 85.7 Å². The van der Waals surface area contributed by atoms with E-state index in [9.17, 15) is 9.59 Å². The number of hydrogen-bond acceptors (Lipinski definition) is 6. The molecule has 0 unspecified atom stereocenters. The number of esters is 1. The summed E-state index contributed by atoms with van der Waals surface area (Å²) in [6.07, 6.45) is 3.76. The molecular weight excluding hydrogens is 510 g/mol. The van der Waals surface area contributed by atoms with Crippen molar-refractivity contribution in [1.29, 1.82) is 0 Å². The van der Waals surface area contributed by atoms with Crippen LogP contribution in [0.3, 0.4) is 0 Å². The van der Waals surface area contributed by atoms with Gasteiger partial charge in [0.2, 0.25) is 0 Å². The number of hydrogen-bond donors (Lipinski definition) is 1. The Morgan fingerprint density at radius 2 is 1.79 bits per heavy atom. The molecule has 2 aromatic heterocycles. The van der Waals surface area contributed by atoms with Crippen LogP contribution in [-0.2, 0) is 9.53 Å². The maximum Gasteiger partial charge on any atom is 0.338 e. The third-order valence-corrected chi connectivity index (χ3v) is 7.70. The van der Waals surface area contributed by atoms with Gasteiger partial charge in [-0.1, -0.05) is 78.1 Å². The minimum Gasteiger partial charge on any atom is -0.496 e. The first-order valence-electron chi connectivity index (χ1n) is 12.6. The van der Waals surface area contributed by atoms with Crippen LogP contribution in [0, 0.1) is 0 Å². The van der Waals surface area contributed by atoms with E-state index in [0.717, 1.165) is 22.0 Å². The molecule has 0 radical (unpaired) electrons. The van der Waals surface area contributed by atoms with Crippen LogP contribution in [0.4, 0.5) is 0 Å². The van der Waals surface area contributed by atoms with Gasteiger partial charge in [0.25, 0.3) is 5.56 Å². The molecule has 0 bridgehead atoms. The van der Waals surface area contributed by atoms with Crippen LogP contribution in [0.2, 0.25) is 0 Å². The van der Waals surface area contributed by atoms with Gasteiger partial charge >= 0.3 is 5.97 Å². The van der Waals surface area contributed by atoms with Crippen molar-refractivity contribution in [2.45, 2.75) is 13.0 Å². The summed E-state index contributed by atoms with van der Waals surface area (Å²) in [5.74, 6) is 0.0340. The Kier molecular flexibility index (Phi) is 6.46. The first-order chi connectivity index (χ1) is 19.1. The largest absolute Gasteiger partial charge is 0.496 e. The Morgan fingerprint density at radius 1 is 1.05 bits per heavy atom. The minimum atomic E-state index is -0.795. The van der Waals surface area contributed by atoms with Gasteiger partial charge in [-0.2, -0.15) is 0 Å². The predicted octanol–water partition coefficient (Wildman–Crippen LogP) is 4.43. The first kappa shape index (κ1) is 24.6. The van der Waals surface area contributed by atoms with Gasteiger partial charge in [-0.05, 0) is 25.1 Å². The number of benzene rings is 3. The monoisotopic (exact) mass is 535 g/mol. The zero-order valence-electron chi connectivity index (χ0n) is 21.4. The SMILES string of the molecule is CCOC(=O)C1=C(c2ccccc2)N=c2sc(=Cc3c[nH]c4ccccc34)c(=O)n2[C@H]1c1ccccc1OC. The molecule has 5 aromatic rings. The highest BCUT2D eigenvalue weighted by Gasteiger charge is 2.36. The summed E-state index contributed by atoms with van der Waals surface area (Å²) in [6.45, 7) is 1.95. The quantitative estimate of drug-likeness (QED) is 0.326. The Hall–Kier alpha value is -4.69. The van der Waals surface area contributed by atoms with E-state index in [0.29, 0.717) is 31.9 Å². The second-order valence-corrected chi connectivity index (χ2v) is 9.97. The number of methoxy groups -OCH3 is 1. The van der Waals surface area contributed by atoms with Gasteiger partial charge in [-0.3, -0.25) is 9.36 Å². The lowest BCUT2D eigenvalue weighted by Gasteiger charge is -2.27. The zero-order chi connectivity index (χ0) is 26.9. The number of carbonyl (C=O) groups excluding carboxylic acids is 1. The standard InChI is InChI=1S/C31H25N3O4S/c1-3-38-30(36)26-27(19-11-5-4-6-12-19)33-31-34(28(26)22-14-8-10-16-24(22)37-2)29(35)25(39-31)17-20-18-32-23-15-9-7-13-21(20)23/h4-18,28,32H,3H2,1-2H3/t28-/m0/s1. The zero-order valence-corrected chi connectivity index (χ0v) is 22.2. The second-order valence-electron chi connectivity index (χ2n) is 8.96. The summed E-state index contributed by atoms with van der Waals surface area (Å²) in [5, 5.41) is 1.02. The van der Waals surface area contributed by atoms with Crippen LogP contribution in [0.15, 0.2) is 100 Å². The molecule has 7 nitrogen and oxygen atoms in total. The highest BCUT2D eigenvalue weighted by molar-refractivity contribution is 7.07. The van der Waals surface area contributed by atoms with E-state index >= 15 is 0 Å². The van der Waals surface area contributed by atoms with Gasteiger partial charge < -0.3 is 14.5 Å². The maximum atomic E-state index is 14.1. The number of rotatable bonds is 6. The van der Waals surface area contributed by atoms with Crippen molar-refractivity contribution in [3.8, 4) is 5.75 Å². The molecule has 0 fully saturated rings. The molecule has 3 aromatic carbocycles. The average molecular weight is 536 g/mol. The van der Waals surface area contributed by atoms with Gasteiger partial charge in [0, 0.05) is 33.8 Å². The third kappa shape index (κ3) is 4.28. The molecule has 1 aliphatic rings. The van der Waals surface area contributed by atoms with E-state index < -0.39 is 12.0 Å². The average Bonchev–Trinajstić information content (AvgIpc) is 3.53. The summed E-state index contributed by atoms with van der Waals surface area (Å²) >= 11 is 1.29. The Bertz CT molecular complexity index is 1910. The third-order valence-electron chi connectivity index (χ3n) is 6.72. The van der Waals surface area contributed by atoms with Crippen molar-refractivity contribution in [3.05, 3.63) is 127 Å². The van der Waals surface area contributed by atoms with Gasteiger partial charge in [0.15, 0.2) is 4.80 Å². The number of thiazole rings is 1. The number of aromatic amines is 1. The highest BCUT2D eigenvalue weighted by Crippen LogP contribution is 2.38. The molecule has 6 rings (SSSR count). The molecule has 0 amide bonds. The number of nitrogens with zero attached hydrogens (tertiary/aromatic N) is 2. The van der Waals surface area contributed by atoms with Crippen LogP contribution in [0.5, 0.6) is 5.75 Å². The number of aromatic nitrogens is 2. The number of H-pyrrole nitrogens is 1. The van der Waals surface area contributed by atoms with Crippen molar-refractivity contribution in [2.24, 2.45) is 4.99 Å². The highest BCUT2D eigenvalue weighted by atomic mass is 32.1. The van der Waals surface area contributed by atoms with E-state index in [4.69, 9.17) is 14.5 Å². The van der Waals surface area contributed by atoms with Crippen molar-refractivity contribution >= 4 is 40.0 Å².